The first-order valence-electron chi connectivity index (χ1n) is 6.82. The number of piperidine rings is 1. The quantitative estimate of drug-likeness (QED) is 0.745. The van der Waals surface area contributed by atoms with Crippen molar-refractivity contribution in [1.29, 1.82) is 0 Å². The summed E-state index contributed by atoms with van der Waals surface area (Å²) in [6.45, 7) is 4.33. The van der Waals surface area contributed by atoms with Crippen molar-refractivity contribution < 1.29 is 9.53 Å². The SMILES string of the molecule is COC(=O)CCN1CCCC(C2CCCN2)C1. The predicted octanol–water partition coefficient (Wildman–Crippen LogP) is 1.01. The number of carbonyl (C=O) groups excluding carboxylic acids is 1. The molecule has 2 unspecified atom stereocenters. The van der Waals surface area contributed by atoms with Crippen molar-refractivity contribution in [3.63, 3.8) is 0 Å². The molecule has 0 aromatic heterocycles. The maximum absolute atomic E-state index is 11.1. The molecular weight excluding hydrogens is 216 g/mol. The number of likely N-dealkylation sites (tertiary alicyclic amines) is 1. The molecule has 2 heterocycles. The van der Waals surface area contributed by atoms with E-state index in [9.17, 15) is 4.79 Å². The molecule has 2 saturated heterocycles. The zero-order valence-electron chi connectivity index (χ0n) is 10.8. The van der Waals surface area contributed by atoms with Crippen LogP contribution in [0.25, 0.3) is 0 Å². The van der Waals surface area contributed by atoms with Crippen molar-refractivity contribution in [3.8, 4) is 0 Å². The molecule has 2 fully saturated rings. The van der Waals surface area contributed by atoms with Gasteiger partial charge in [0.1, 0.15) is 0 Å². The third-order valence-electron chi connectivity index (χ3n) is 4.07. The molecule has 4 heteroatoms. The maximum Gasteiger partial charge on any atom is 0.306 e. The van der Waals surface area contributed by atoms with Crippen LogP contribution in [0.15, 0.2) is 0 Å². The lowest BCUT2D eigenvalue weighted by atomic mass is 9.90. The van der Waals surface area contributed by atoms with Gasteiger partial charge in [-0.25, -0.2) is 0 Å². The molecule has 2 rings (SSSR count). The Hall–Kier alpha value is -0.610. The Morgan fingerprint density at radius 3 is 3.00 bits per heavy atom. The predicted molar refractivity (Wildman–Crippen MR) is 66.8 cm³/mol. The van der Waals surface area contributed by atoms with Gasteiger partial charge >= 0.3 is 5.97 Å². The molecule has 0 aromatic rings. The van der Waals surface area contributed by atoms with Crippen LogP contribution in [-0.4, -0.2) is 50.2 Å². The summed E-state index contributed by atoms with van der Waals surface area (Å²) in [5, 5.41) is 3.60. The van der Waals surface area contributed by atoms with Gasteiger partial charge in [0, 0.05) is 19.1 Å². The van der Waals surface area contributed by atoms with E-state index in [-0.39, 0.29) is 5.97 Å². The zero-order valence-corrected chi connectivity index (χ0v) is 10.8. The number of hydrogen-bond donors (Lipinski definition) is 1. The first kappa shape index (κ1) is 12.8. The number of nitrogens with one attached hydrogen (secondary N) is 1. The average Bonchev–Trinajstić information content (AvgIpc) is 2.90. The van der Waals surface area contributed by atoms with Gasteiger partial charge in [0.2, 0.25) is 0 Å². The standard InChI is InChI=1S/C13H24N2O2/c1-17-13(16)6-9-15-8-3-4-11(10-15)12-5-2-7-14-12/h11-12,14H,2-10H2,1H3. The summed E-state index contributed by atoms with van der Waals surface area (Å²) in [6.07, 6.45) is 5.79. The summed E-state index contributed by atoms with van der Waals surface area (Å²) in [5.41, 5.74) is 0. The van der Waals surface area contributed by atoms with Crippen molar-refractivity contribution in [2.45, 2.75) is 38.1 Å². The monoisotopic (exact) mass is 240 g/mol. The van der Waals surface area contributed by atoms with Gasteiger partial charge < -0.3 is 15.0 Å². The van der Waals surface area contributed by atoms with Crippen LogP contribution in [0.5, 0.6) is 0 Å². The highest BCUT2D eigenvalue weighted by Gasteiger charge is 2.28. The van der Waals surface area contributed by atoms with E-state index in [1.807, 2.05) is 0 Å². The summed E-state index contributed by atoms with van der Waals surface area (Å²) in [5.74, 6) is 0.690. The van der Waals surface area contributed by atoms with Gasteiger partial charge in [0.15, 0.2) is 0 Å². The van der Waals surface area contributed by atoms with Crippen LogP contribution < -0.4 is 5.32 Å². The van der Waals surface area contributed by atoms with Gasteiger partial charge in [-0.1, -0.05) is 0 Å². The smallest absolute Gasteiger partial charge is 0.306 e. The molecule has 0 spiro atoms. The minimum Gasteiger partial charge on any atom is -0.469 e. The minimum absolute atomic E-state index is 0.0916. The number of carbonyl (C=O) groups is 1. The molecule has 2 atom stereocenters. The van der Waals surface area contributed by atoms with E-state index in [1.165, 1.54) is 39.3 Å². The number of rotatable bonds is 4. The summed E-state index contributed by atoms with van der Waals surface area (Å²) in [6, 6.07) is 0.718. The molecule has 4 nitrogen and oxygen atoms in total. The normalized spacial score (nSPS) is 30.4. The maximum atomic E-state index is 11.1. The van der Waals surface area contributed by atoms with E-state index in [0.717, 1.165) is 31.6 Å². The first-order valence-corrected chi connectivity index (χ1v) is 6.82. The number of ether oxygens (including phenoxy) is 1. The zero-order chi connectivity index (χ0) is 12.1. The van der Waals surface area contributed by atoms with Gasteiger partial charge in [-0.3, -0.25) is 4.79 Å². The summed E-state index contributed by atoms with van der Waals surface area (Å²) >= 11 is 0. The molecular formula is C13H24N2O2. The molecule has 17 heavy (non-hydrogen) atoms. The lowest BCUT2D eigenvalue weighted by Gasteiger charge is -2.35. The van der Waals surface area contributed by atoms with E-state index in [0.29, 0.717) is 6.42 Å². The van der Waals surface area contributed by atoms with E-state index in [2.05, 4.69) is 15.0 Å². The largest absolute Gasteiger partial charge is 0.469 e. The van der Waals surface area contributed by atoms with Gasteiger partial charge in [0.05, 0.1) is 13.5 Å². The van der Waals surface area contributed by atoms with Crippen LogP contribution >= 0.6 is 0 Å². The van der Waals surface area contributed by atoms with Crippen LogP contribution in [0.4, 0.5) is 0 Å². The molecule has 1 N–H and O–H groups in total. The van der Waals surface area contributed by atoms with Crippen molar-refractivity contribution in [2.75, 3.05) is 33.3 Å². The fourth-order valence-electron chi connectivity index (χ4n) is 3.09. The third-order valence-corrected chi connectivity index (χ3v) is 4.07. The summed E-state index contributed by atoms with van der Waals surface area (Å²) < 4.78 is 4.69. The number of methoxy groups -OCH3 is 1. The molecule has 0 amide bonds. The molecule has 2 aliphatic heterocycles. The van der Waals surface area contributed by atoms with Crippen LogP contribution in [-0.2, 0) is 9.53 Å². The molecule has 0 aromatic carbocycles. The topological polar surface area (TPSA) is 41.6 Å². The molecule has 0 bridgehead atoms. The van der Waals surface area contributed by atoms with Crippen LogP contribution in [0.1, 0.15) is 32.1 Å². The lowest BCUT2D eigenvalue weighted by molar-refractivity contribution is -0.141. The van der Waals surface area contributed by atoms with E-state index in [4.69, 9.17) is 0 Å². The Balaban J connectivity index is 1.74. The van der Waals surface area contributed by atoms with E-state index in [1.54, 1.807) is 0 Å². The highest BCUT2D eigenvalue weighted by atomic mass is 16.5. The second kappa shape index (κ2) is 6.36. The number of hydrogen-bond acceptors (Lipinski definition) is 4. The van der Waals surface area contributed by atoms with Gasteiger partial charge in [-0.15, -0.1) is 0 Å². The van der Waals surface area contributed by atoms with Gasteiger partial charge in [0.25, 0.3) is 0 Å². The van der Waals surface area contributed by atoms with Gasteiger partial charge in [-0.05, 0) is 44.7 Å². The highest BCUT2D eigenvalue weighted by molar-refractivity contribution is 5.69. The van der Waals surface area contributed by atoms with Crippen molar-refractivity contribution in [2.24, 2.45) is 5.92 Å². The van der Waals surface area contributed by atoms with E-state index < -0.39 is 0 Å². The summed E-state index contributed by atoms with van der Waals surface area (Å²) in [7, 11) is 1.46. The Kier molecular flexibility index (Phi) is 4.80. The number of esters is 1. The number of nitrogens with zero attached hydrogens (tertiary/aromatic N) is 1. The Morgan fingerprint density at radius 1 is 1.41 bits per heavy atom. The molecule has 2 aliphatic rings. The average molecular weight is 240 g/mol. The van der Waals surface area contributed by atoms with Crippen LogP contribution in [0, 0.1) is 5.92 Å². The molecule has 0 radical (unpaired) electrons. The second-order valence-electron chi connectivity index (χ2n) is 5.23. The molecule has 0 aliphatic carbocycles. The molecule has 98 valence electrons. The Labute approximate surface area is 104 Å². The van der Waals surface area contributed by atoms with Gasteiger partial charge in [-0.2, -0.15) is 0 Å². The summed E-state index contributed by atoms with van der Waals surface area (Å²) in [4.78, 5) is 13.6. The van der Waals surface area contributed by atoms with Crippen molar-refractivity contribution >= 4 is 5.97 Å². The third kappa shape index (κ3) is 3.68. The lowest BCUT2D eigenvalue weighted by Crippen LogP contribution is -2.44. The van der Waals surface area contributed by atoms with Crippen LogP contribution in [0.3, 0.4) is 0 Å². The minimum atomic E-state index is -0.0916. The molecule has 0 saturated carbocycles. The highest BCUT2D eigenvalue weighted by Crippen LogP contribution is 2.24. The second-order valence-corrected chi connectivity index (χ2v) is 5.23. The fourth-order valence-corrected chi connectivity index (χ4v) is 3.09. The van der Waals surface area contributed by atoms with E-state index >= 15 is 0 Å². The Bertz CT molecular complexity index is 252. The van der Waals surface area contributed by atoms with Crippen molar-refractivity contribution in [1.82, 2.24) is 10.2 Å². The van der Waals surface area contributed by atoms with Crippen molar-refractivity contribution in [3.05, 3.63) is 0 Å². The fraction of sp³-hybridized carbons (Fsp3) is 0.923. The van der Waals surface area contributed by atoms with Crippen LogP contribution in [0.2, 0.25) is 0 Å². The Morgan fingerprint density at radius 2 is 2.29 bits per heavy atom. The first-order chi connectivity index (χ1) is 8.29.